The van der Waals surface area contributed by atoms with Crippen molar-refractivity contribution in [2.24, 2.45) is 0 Å². The molecule has 1 aliphatic rings. The molecule has 0 saturated heterocycles. The van der Waals surface area contributed by atoms with Gasteiger partial charge in [0.2, 0.25) is 0 Å². The lowest BCUT2D eigenvalue weighted by Gasteiger charge is -2.14. The van der Waals surface area contributed by atoms with Crippen molar-refractivity contribution in [2.45, 2.75) is 4.83 Å². The van der Waals surface area contributed by atoms with Gasteiger partial charge in [-0.3, -0.25) is 0 Å². The van der Waals surface area contributed by atoms with E-state index in [0.29, 0.717) is 0 Å². The van der Waals surface area contributed by atoms with Crippen molar-refractivity contribution in [3.8, 4) is 0 Å². The third-order valence-electron chi connectivity index (χ3n) is 0.867. The van der Waals surface area contributed by atoms with E-state index in [4.69, 9.17) is 16.7 Å². The van der Waals surface area contributed by atoms with Crippen LogP contribution >= 0.6 is 23.4 Å². The van der Waals surface area contributed by atoms with Crippen LogP contribution in [0.5, 0.6) is 0 Å². The van der Waals surface area contributed by atoms with Crippen LogP contribution in [0.25, 0.3) is 0 Å². The molecule has 0 fully saturated rings. The monoisotopic (exact) mass is 151 g/mol. The second-order valence-corrected chi connectivity index (χ2v) is 3.03. The van der Waals surface area contributed by atoms with Crippen LogP contribution in [-0.2, 0) is 0 Å². The molecule has 0 bridgehead atoms. The first-order chi connectivity index (χ1) is 3.84. The summed E-state index contributed by atoms with van der Waals surface area (Å²) >= 11 is 7.13. The quantitative estimate of drug-likeness (QED) is 0.447. The van der Waals surface area contributed by atoms with Gasteiger partial charge in [-0.1, -0.05) is 23.4 Å². The van der Waals surface area contributed by atoms with Crippen molar-refractivity contribution >= 4 is 23.4 Å². The minimum atomic E-state index is -0.111. The molecule has 1 heterocycles. The highest BCUT2D eigenvalue weighted by Gasteiger charge is 2.14. The van der Waals surface area contributed by atoms with E-state index in [2.05, 4.69) is 0 Å². The average molecular weight is 152 g/mol. The largest absolute Gasteiger partial charge is 0.376 e. The lowest BCUT2D eigenvalue weighted by atomic mass is 10.8. The fraction of sp³-hybridized carbons (Fsp3) is 0.500. The first kappa shape index (κ1) is 6.26. The molecule has 1 atom stereocenters. The molecule has 1 unspecified atom stereocenters. The summed E-state index contributed by atoms with van der Waals surface area (Å²) in [5.74, 6) is 0. The molecule has 4 heteroatoms. The molecule has 0 radical (unpaired) electrons. The smallest absolute Gasteiger partial charge is 0.156 e. The molecule has 8 heavy (non-hydrogen) atoms. The van der Waals surface area contributed by atoms with Crippen LogP contribution in [-0.4, -0.2) is 21.6 Å². The third-order valence-corrected chi connectivity index (χ3v) is 2.20. The molecule has 0 aromatic heterocycles. The van der Waals surface area contributed by atoms with E-state index in [1.165, 1.54) is 11.8 Å². The van der Waals surface area contributed by atoms with E-state index < -0.39 is 0 Å². The average Bonchev–Trinajstić information content (AvgIpc) is 2.14. The third kappa shape index (κ3) is 1.10. The Morgan fingerprint density at radius 1 is 1.88 bits per heavy atom. The van der Waals surface area contributed by atoms with Crippen LogP contribution in [0.1, 0.15) is 0 Å². The van der Waals surface area contributed by atoms with Gasteiger partial charge in [-0.15, -0.1) is 0 Å². The fourth-order valence-corrected chi connectivity index (χ4v) is 1.39. The first-order valence-corrected chi connectivity index (χ1v) is 3.55. The van der Waals surface area contributed by atoms with E-state index in [9.17, 15) is 0 Å². The first-order valence-electron chi connectivity index (χ1n) is 2.17. The molecule has 46 valence electrons. The number of nitrogens with zero attached hydrogens (tertiary/aromatic N) is 1. The normalized spacial score (nSPS) is 27.2. The van der Waals surface area contributed by atoms with E-state index in [0.717, 1.165) is 0 Å². The summed E-state index contributed by atoms with van der Waals surface area (Å²) in [5.41, 5.74) is 0. The van der Waals surface area contributed by atoms with E-state index in [1.54, 1.807) is 11.1 Å². The van der Waals surface area contributed by atoms with Crippen molar-refractivity contribution < 1.29 is 5.11 Å². The van der Waals surface area contributed by atoms with Gasteiger partial charge in [0.15, 0.2) is 4.83 Å². The maximum atomic E-state index is 8.51. The second kappa shape index (κ2) is 2.62. The summed E-state index contributed by atoms with van der Waals surface area (Å²) < 4.78 is 0. The molecule has 0 spiro atoms. The van der Waals surface area contributed by atoms with E-state index in [1.807, 2.05) is 5.41 Å². The topological polar surface area (TPSA) is 23.5 Å². The Bertz CT molecular complexity index is 108. The summed E-state index contributed by atoms with van der Waals surface area (Å²) in [5, 5.41) is 10.4. The molecule has 0 aromatic rings. The zero-order valence-electron chi connectivity index (χ0n) is 4.12. The fourth-order valence-electron chi connectivity index (χ4n) is 0.435. The van der Waals surface area contributed by atoms with Gasteiger partial charge in [-0.2, -0.15) is 0 Å². The number of hydrogen-bond donors (Lipinski definition) is 1. The van der Waals surface area contributed by atoms with Crippen LogP contribution in [0.2, 0.25) is 0 Å². The van der Waals surface area contributed by atoms with E-state index in [-0.39, 0.29) is 11.6 Å². The Morgan fingerprint density at radius 2 is 2.62 bits per heavy atom. The Hall–Kier alpha value is 0.140. The Kier molecular flexibility index (Phi) is 2.05. The van der Waals surface area contributed by atoms with Crippen LogP contribution < -0.4 is 0 Å². The predicted molar refractivity (Wildman–Crippen MR) is 35.3 cm³/mol. The van der Waals surface area contributed by atoms with Gasteiger partial charge in [0, 0.05) is 6.20 Å². The highest BCUT2D eigenvalue weighted by molar-refractivity contribution is 8.04. The van der Waals surface area contributed by atoms with Gasteiger partial charge in [-0.05, 0) is 5.41 Å². The van der Waals surface area contributed by atoms with Crippen molar-refractivity contribution in [1.82, 2.24) is 4.90 Å². The van der Waals surface area contributed by atoms with Gasteiger partial charge < -0.3 is 10.0 Å². The molecule has 2 nitrogen and oxygen atoms in total. The Morgan fingerprint density at radius 3 is 2.88 bits per heavy atom. The minimum absolute atomic E-state index is 0.00231. The van der Waals surface area contributed by atoms with Crippen molar-refractivity contribution in [1.29, 1.82) is 0 Å². The van der Waals surface area contributed by atoms with Gasteiger partial charge in [-0.25, -0.2) is 0 Å². The van der Waals surface area contributed by atoms with Crippen LogP contribution in [0.3, 0.4) is 0 Å². The van der Waals surface area contributed by atoms with Crippen LogP contribution in [0.4, 0.5) is 0 Å². The standard InChI is InChI=1S/C4H6ClNOS/c5-4-6(3-7)1-2-8-4/h1-2,4,7H,3H2. The predicted octanol–water partition coefficient (Wildman–Crippen LogP) is 0.979. The van der Waals surface area contributed by atoms with Crippen molar-refractivity contribution in [3.05, 3.63) is 11.6 Å². The molecular formula is C4H6ClNOS. The molecule has 1 aliphatic heterocycles. The summed E-state index contributed by atoms with van der Waals surface area (Å²) in [7, 11) is 0. The van der Waals surface area contributed by atoms with E-state index >= 15 is 0 Å². The summed E-state index contributed by atoms with van der Waals surface area (Å²) in [6.07, 6.45) is 1.77. The maximum absolute atomic E-state index is 8.51. The Balaban J connectivity index is 2.41. The highest BCUT2D eigenvalue weighted by Crippen LogP contribution is 2.26. The summed E-state index contributed by atoms with van der Waals surface area (Å²) in [6, 6.07) is 0. The zero-order chi connectivity index (χ0) is 5.98. The molecule has 1 N–H and O–H groups in total. The van der Waals surface area contributed by atoms with Crippen LogP contribution in [0.15, 0.2) is 11.6 Å². The molecule has 0 saturated carbocycles. The number of thioether (sulfide) groups is 1. The maximum Gasteiger partial charge on any atom is 0.156 e. The van der Waals surface area contributed by atoms with Crippen molar-refractivity contribution in [3.63, 3.8) is 0 Å². The van der Waals surface area contributed by atoms with Gasteiger partial charge in [0.05, 0.1) is 0 Å². The summed E-state index contributed by atoms with van der Waals surface area (Å²) in [4.78, 5) is 1.52. The molecule has 0 aromatic carbocycles. The number of alkyl halides is 1. The van der Waals surface area contributed by atoms with Gasteiger partial charge in [0.1, 0.15) is 6.73 Å². The minimum Gasteiger partial charge on any atom is -0.376 e. The van der Waals surface area contributed by atoms with Gasteiger partial charge in [0.25, 0.3) is 0 Å². The highest BCUT2D eigenvalue weighted by atomic mass is 35.5. The second-order valence-electron chi connectivity index (χ2n) is 1.37. The number of aliphatic hydroxyl groups excluding tert-OH is 1. The zero-order valence-corrected chi connectivity index (χ0v) is 5.69. The number of halogens is 1. The SMILES string of the molecule is OCN1C=CSC1Cl. The van der Waals surface area contributed by atoms with Crippen LogP contribution in [0, 0.1) is 0 Å². The molecular weight excluding hydrogens is 146 g/mol. The lowest BCUT2D eigenvalue weighted by Crippen LogP contribution is -2.20. The molecule has 0 amide bonds. The lowest BCUT2D eigenvalue weighted by molar-refractivity contribution is 0.163. The number of hydrogen-bond acceptors (Lipinski definition) is 3. The molecule has 1 rings (SSSR count). The number of aliphatic hydroxyl groups is 1. The summed E-state index contributed by atoms with van der Waals surface area (Å²) in [6.45, 7) is -0.00231. The van der Waals surface area contributed by atoms with Crippen molar-refractivity contribution in [2.75, 3.05) is 6.73 Å². The molecule has 0 aliphatic carbocycles. The Labute approximate surface area is 57.1 Å². The number of rotatable bonds is 1. The van der Waals surface area contributed by atoms with Gasteiger partial charge >= 0.3 is 0 Å².